The molecule has 28 heavy (non-hydrogen) atoms. The Morgan fingerprint density at radius 2 is 2.14 bits per heavy atom. The zero-order chi connectivity index (χ0) is 20.1. The Labute approximate surface area is 167 Å². The quantitative estimate of drug-likeness (QED) is 0.383. The van der Waals surface area contributed by atoms with Gasteiger partial charge in [-0.05, 0) is 55.0 Å². The Balaban J connectivity index is 1.90. The number of nitrogens with one attached hydrogen (secondary N) is 2. The molecule has 0 aliphatic carbocycles. The number of amides is 1. The Kier molecular flexibility index (Phi) is 6.04. The molecule has 0 saturated carbocycles. The van der Waals surface area contributed by atoms with E-state index in [1.54, 1.807) is 49.6 Å². The van der Waals surface area contributed by atoms with Crippen molar-refractivity contribution >= 4 is 34.7 Å². The lowest BCUT2D eigenvalue weighted by Crippen LogP contribution is -2.23. The first-order chi connectivity index (χ1) is 13.5. The van der Waals surface area contributed by atoms with Crippen LogP contribution in [0.4, 0.5) is 5.69 Å². The van der Waals surface area contributed by atoms with Crippen LogP contribution in [0.15, 0.2) is 47.3 Å². The smallest absolute Gasteiger partial charge is 0.262 e. The lowest BCUT2D eigenvalue weighted by Gasteiger charge is -2.10. The molecule has 0 bridgehead atoms. The number of rotatable bonds is 6. The van der Waals surface area contributed by atoms with Crippen LogP contribution in [0.5, 0.6) is 0 Å². The number of aromatic nitrogens is 2. The number of hydrogen-bond donors (Lipinski definition) is 2. The standard InChI is InChI=1S/C21H19N3O3S/c1-3-14-6-4-7-16(12-14)22-19(25)15-8-9-17-18(13-15)23-21(28)24(20(17)26)10-5-11-27-2/h1,4,6-9,12-13H,5,10-11H2,2H3,(H,22,25)(H,23,28). The van der Waals surface area contributed by atoms with Gasteiger partial charge in [-0.3, -0.25) is 14.2 Å². The van der Waals surface area contributed by atoms with E-state index in [9.17, 15) is 9.59 Å². The van der Waals surface area contributed by atoms with E-state index in [-0.39, 0.29) is 11.5 Å². The van der Waals surface area contributed by atoms with Crippen LogP contribution in [0, 0.1) is 17.1 Å². The van der Waals surface area contributed by atoms with E-state index in [0.29, 0.717) is 52.1 Å². The van der Waals surface area contributed by atoms with Gasteiger partial charge in [-0.25, -0.2) is 0 Å². The number of terminal acetylenes is 1. The van der Waals surface area contributed by atoms with Crippen molar-refractivity contribution in [2.45, 2.75) is 13.0 Å². The molecule has 1 aromatic heterocycles. The molecule has 0 aliphatic heterocycles. The minimum Gasteiger partial charge on any atom is -0.385 e. The summed E-state index contributed by atoms with van der Waals surface area (Å²) in [5, 5.41) is 3.27. The molecule has 0 radical (unpaired) electrons. The van der Waals surface area contributed by atoms with E-state index < -0.39 is 0 Å². The topological polar surface area (TPSA) is 76.1 Å². The van der Waals surface area contributed by atoms with Crippen molar-refractivity contribution in [1.29, 1.82) is 0 Å². The third-order valence-electron chi connectivity index (χ3n) is 4.26. The van der Waals surface area contributed by atoms with Crippen LogP contribution in [0.3, 0.4) is 0 Å². The van der Waals surface area contributed by atoms with Gasteiger partial charge in [0.1, 0.15) is 0 Å². The second-order valence-electron chi connectivity index (χ2n) is 6.17. The highest BCUT2D eigenvalue weighted by atomic mass is 32.1. The third-order valence-corrected chi connectivity index (χ3v) is 4.58. The van der Waals surface area contributed by atoms with Crippen LogP contribution in [0.25, 0.3) is 10.9 Å². The van der Waals surface area contributed by atoms with Crippen molar-refractivity contribution in [3.05, 3.63) is 68.7 Å². The predicted molar refractivity (Wildman–Crippen MR) is 112 cm³/mol. The molecule has 2 aromatic carbocycles. The maximum Gasteiger partial charge on any atom is 0.262 e. The van der Waals surface area contributed by atoms with Gasteiger partial charge in [0.05, 0.1) is 10.9 Å². The molecule has 2 N–H and O–H groups in total. The number of aromatic amines is 1. The van der Waals surface area contributed by atoms with E-state index in [1.807, 2.05) is 0 Å². The maximum absolute atomic E-state index is 12.7. The summed E-state index contributed by atoms with van der Waals surface area (Å²) in [6.45, 7) is 1.00. The summed E-state index contributed by atoms with van der Waals surface area (Å²) in [6, 6.07) is 11.9. The number of fused-ring (bicyclic) bond motifs is 1. The molecular formula is C21H19N3O3S. The van der Waals surface area contributed by atoms with Gasteiger partial charge in [0.15, 0.2) is 4.77 Å². The number of benzene rings is 2. The highest BCUT2D eigenvalue weighted by molar-refractivity contribution is 7.71. The summed E-state index contributed by atoms with van der Waals surface area (Å²) < 4.78 is 6.84. The molecule has 1 amide bonds. The second-order valence-corrected chi connectivity index (χ2v) is 6.56. The Hall–Kier alpha value is -3.21. The maximum atomic E-state index is 12.7. The first-order valence-electron chi connectivity index (χ1n) is 8.67. The van der Waals surface area contributed by atoms with Gasteiger partial charge >= 0.3 is 0 Å². The number of anilines is 1. The average molecular weight is 393 g/mol. The van der Waals surface area contributed by atoms with Crippen LogP contribution in [0.1, 0.15) is 22.3 Å². The van der Waals surface area contributed by atoms with Crippen LogP contribution < -0.4 is 10.9 Å². The van der Waals surface area contributed by atoms with Crippen LogP contribution in [-0.4, -0.2) is 29.2 Å². The highest BCUT2D eigenvalue weighted by Crippen LogP contribution is 2.15. The molecule has 0 unspecified atom stereocenters. The lowest BCUT2D eigenvalue weighted by molar-refractivity contribution is 0.102. The molecule has 6 nitrogen and oxygen atoms in total. The summed E-state index contributed by atoms with van der Waals surface area (Å²) in [5.41, 5.74) is 2.00. The normalized spacial score (nSPS) is 10.6. The number of methoxy groups -OCH3 is 1. The molecule has 7 heteroatoms. The van der Waals surface area contributed by atoms with Crippen molar-refractivity contribution in [1.82, 2.24) is 9.55 Å². The molecule has 3 aromatic rings. The SMILES string of the molecule is C#Cc1cccc(NC(=O)c2ccc3c(=O)n(CCCOC)c(=S)[nH]c3c2)c1. The number of ether oxygens (including phenoxy) is 1. The van der Waals surface area contributed by atoms with Gasteiger partial charge in [0.2, 0.25) is 0 Å². The van der Waals surface area contributed by atoms with Crippen LogP contribution in [0.2, 0.25) is 0 Å². The van der Waals surface area contributed by atoms with Crippen molar-refractivity contribution in [3.8, 4) is 12.3 Å². The molecule has 0 fully saturated rings. The van der Waals surface area contributed by atoms with Gasteiger partial charge in [-0.2, -0.15) is 0 Å². The van der Waals surface area contributed by atoms with Gasteiger partial charge in [-0.1, -0.05) is 12.0 Å². The van der Waals surface area contributed by atoms with E-state index in [0.717, 1.165) is 0 Å². The Morgan fingerprint density at radius 1 is 1.32 bits per heavy atom. The first-order valence-corrected chi connectivity index (χ1v) is 9.08. The number of H-pyrrole nitrogens is 1. The summed E-state index contributed by atoms with van der Waals surface area (Å²) in [5.74, 6) is 2.22. The van der Waals surface area contributed by atoms with Gasteiger partial charge in [0, 0.05) is 37.1 Å². The molecule has 0 atom stereocenters. The van der Waals surface area contributed by atoms with E-state index in [2.05, 4.69) is 16.2 Å². The monoisotopic (exact) mass is 393 g/mol. The van der Waals surface area contributed by atoms with Crippen molar-refractivity contribution < 1.29 is 9.53 Å². The molecule has 3 rings (SSSR count). The van der Waals surface area contributed by atoms with Crippen LogP contribution in [-0.2, 0) is 11.3 Å². The fourth-order valence-corrected chi connectivity index (χ4v) is 3.14. The molecular weight excluding hydrogens is 374 g/mol. The summed E-state index contributed by atoms with van der Waals surface area (Å²) in [7, 11) is 1.61. The number of hydrogen-bond acceptors (Lipinski definition) is 4. The first kappa shape index (κ1) is 19.5. The molecule has 1 heterocycles. The minimum atomic E-state index is -0.306. The predicted octanol–water partition coefficient (Wildman–Crippen LogP) is 3.33. The Morgan fingerprint density at radius 3 is 2.89 bits per heavy atom. The molecule has 0 aliphatic rings. The minimum absolute atomic E-state index is 0.191. The largest absolute Gasteiger partial charge is 0.385 e. The second kappa shape index (κ2) is 8.65. The van der Waals surface area contributed by atoms with Gasteiger partial charge < -0.3 is 15.0 Å². The fraction of sp³-hybridized carbons (Fsp3) is 0.190. The van der Waals surface area contributed by atoms with E-state index in [1.165, 1.54) is 4.57 Å². The van der Waals surface area contributed by atoms with Crippen molar-refractivity contribution in [3.63, 3.8) is 0 Å². The summed E-state index contributed by atoms with van der Waals surface area (Å²) >= 11 is 5.31. The highest BCUT2D eigenvalue weighted by Gasteiger charge is 2.11. The average Bonchev–Trinajstić information content (AvgIpc) is 2.70. The number of carbonyl (C=O) groups is 1. The lowest BCUT2D eigenvalue weighted by atomic mass is 10.1. The summed E-state index contributed by atoms with van der Waals surface area (Å²) in [4.78, 5) is 28.3. The zero-order valence-corrected chi connectivity index (χ0v) is 16.1. The third kappa shape index (κ3) is 4.19. The Bertz CT molecular complexity index is 1190. The zero-order valence-electron chi connectivity index (χ0n) is 15.3. The number of nitrogens with zero attached hydrogens (tertiary/aromatic N) is 1. The van der Waals surface area contributed by atoms with Crippen molar-refractivity contribution in [2.24, 2.45) is 0 Å². The van der Waals surface area contributed by atoms with E-state index in [4.69, 9.17) is 23.4 Å². The van der Waals surface area contributed by atoms with Crippen molar-refractivity contribution in [2.75, 3.05) is 19.0 Å². The summed E-state index contributed by atoms with van der Waals surface area (Å²) in [6.07, 6.45) is 6.06. The van der Waals surface area contributed by atoms with E-state index >= 15 is 0 Å². The fourth-order valence-electron chi connectivity index (χ4n) is 2.86. The van der Waals surface area contributed by atoms with Gasteiger partial charge in [-0.15, -0.1) is 6.42 Å². The van der Waals surface area contributed by atoms with Gasteiger partial charge in [0.25, 0.3) is 11.5 Å². The van der Waals surface area contributed by atoms with Crippen LogP contribution >= 0.6 is 12.2 Å². The number of carbonyl (C=O) groups excluding carboxylic acids is 1. The molecule has 0 spiro atoms. The molecule has 0 saturated heterocycles. The molecule has 142 valence electrons.